The van der Waals surface area contributed by atoms with Crippen LogP contribution in [0.5, 0.6) is 0 Å². The van der Waals surface area contributed by atoms with Crippen molar-refractivity contribution < 1.29 is 9.59 Å². The van der Waals surface area contributed by atoms with Gasteiger partial charge in [-0.1, -0.05) is 0 Å². The normalized spacial score (nSPS) is 20.0. The number of hydrogen-bond acceptors (Lipinski definition) is 4. The van der Waals surface area contributed by atoms with Gasteiger partial charge in [0.2, 0.25) is 11.8 Å². The highest BCUT2D eigenvalue weighted by Crippen LogP contribution is 2.25. The average molecular weight is 333 g/mol. The van der Waals surface area contributed by atoms with E-state index < -0.39 is 0 Å². The molecule has 0 radical (unpaired) electrons. The number of H-pyrrole nitrogens is 1. The quantitative estimate of drug-likeness (QED) is 0.870. The molecule has 1 aromatic rings. The SMILES string of the molecule is Cc1cc(CN(C)C(=O)C2CN(C(=O)C3CCN(C)CC3)C2)n[nH]1. The summed E-state index contributed by atoms with van der Waals surface area (Å²) in [5.74, 6) is 0.410. The predicted octanol–water partition coefficient (Wildman–Crippen LogP) is 0.477. The van der Waals surface area contributed by atoms with Gasteiger partial charge < -0.3 is 14.7 Å². The van der Waals surface area contributed by atoms with Gasteiger partial charge in [0.05, 0.1) is 18.2 Å². The summed E-state index contributed by atoms with van der Waals surface area (Å²) >= 11 is 0. The van der Waals surface area contributed by atoms with E-state index in [9.17, 15) is 9.59 Å². The van der Waals surface area contributed by atoms with E-state index in [2.05, 4.69) is 22.1 Å². The van der Waals surface area contributed by atoms with Crippen molar-refractivity contribution in [1.82, 2.24) is 24.9 Å². The minimum Gasteiger partial charge on any atom is -0.341 e. The number of piperidine rings is 1. The van der Waals surface area contributed by atoms with Crippen molar-refractivity contribution in [3.63, 3.8) is 0 Å². The van der Waals surface area contributed by atoms with Gasteiger partial charge >= 0.3 is 0 Å². The van der Waals surface area contributed by atoms with Crippen LogP contribution < -0.4 is 0 Å². The summed E-state index contributed by atoms with van der Waals surface area (Å²) in [7, 11) is 3.89. The third kappa shape index (κ3) is 3.61. The molecule has 2 fully saturated rings. The van der Waals surface area contributed by atoms with Crippen LogP contribution in [0.15, 0.2) is 6.07 Å². The molecule has 2 saturated heterocycles. The van der Waals surface area contributed by atoms with Crippen molar-refractivity contribution in [3.05, 3.63) is 17.5 Å². The van der Waals surface area contributed by atoms with Crippen LogP contribution in [-0.2, 0) is 16.1 Å². The molecule has 24 heavy (non-hydrogen) atoms. The number of carbonyl (C=O) groups is 2. The molecule has 0 atom stereocenters. The lowest BCUT2D eigenvalue weighted by Gasteiger charge is -2.42. The number of aromatic amines is 1. The summed E-state index contributed by atoms with van der Waals surface area (Å²) in [5, 5.41) is 7.05. The summed E-state index contributed by atoms with van der Waals surface area (Å²) in [6.45, 7) is 5.54. The molecule has 0 spiro atoms. The standard InChI is InChI=1S/C17H27N5O2/c1-12-8-15(19-18-12)11-21(3)16(23)14-9-22(10-14)17(24)13-4-6-20(2)7-5-13/h8,13-14H,4-7,9-11H2,1-3H3,(H,18,19). The zero-order chi connectivity index (χ0) is 17.3. The van der Waals surface area contributed by atoms with Gasteiger partial charge in [-0.3, -0.25) is 14.7 Å². The van der Waals surface area contributed by atoms with E-state index in [0.29, 0.717) is 19.6 Å². The van der Waals surface area contributed by atoms with E-state index in [1.54, 1.807) is 11.9 Å². The van der Waals surface area contributed by atoms with Gasteiger partial charge in [-0.05, 0) is 46.0 Å². The molecule has 7 nitrogen and oxygen atoms in total. The van der Waals surface area contributed by atoms with E-state index in [0.717, 1.165) is 37.3 Å². The average Bonchev–Trinajstić information content (AvgIpc) is 2.91. The maximum atomic E-state index is 12.5. The molecule has 0 aliphatic carbocycles. The number of amides is 2. The fraction of sp³-hybridized carbons (Fsp3) is 0.706. The minimum atomic E-state index is -0.0646. The number of likely N-dealkylation sites (tertiary alicyclic amines) is 2. The van der Waals surface area contributed by atoms with Crippen LogP contribution in [0, 0.1) is 18.8 Å². The van der Waals surface area contributed by atoms with Crippen molar-refractivity contribution in [2.24, 2.45) is 11.8 Å². The van der Waals surface area contributed by atoms with Crippen molar-refractivity contribution >= 4 is 11.8 Å². The molecule has 0 aromatic carbocycles. The van der Waals surface area contributed by atoms with Crippen molar-refractivity contribution in [3.8, 4) is 0 Å². The number of aryl methyl sites for hydroxylation is 1. The lowest BCUT2D eigenvalue weighted by Crippen LogP contribution is -2.57. The van der Waals surface area contributed by atoms with Crippen LogP contribution in [0.2, 0.25) is 0 Å². The van der Waals surface area contributed by atoms with Gasteiger partial charge in [0.1, 0.15) is 0 Å². The Balaban J connectivity index is 1.45. The van der Waals surface area contributed by atoms with Gasteiger partial charge in [-0.15, -0.1) is 0 Å². The smallest absolute Gasteiger partial charge is 0.229 e. The highest BCUT2D eigenvalue weighted by atomic mass is 16.2. The third-order valence-electron chi connectivity index (χ3n) is 5.14. The van der Waals surface area contributed by atoms with E-state index in [1.165, 1.54) is 0 Å². The zero-order valence-corrected chi connectivity index (χ0v) is 14.8. The van der Waals surface area contributed by atoms with Gasteiger partial charge in [0, 0.05) is 31.7 Å². The second-order valence-electron chi connectivity index (χ2n) is 7.25. The van der Waals surface area contributed by atoms with Crippen LogP contribution in [0.4, 0.5) is 0 Å². The lowest BCUT2D eigenvalue weighted by atomic mass is 9.91. The summed E-state index contributed by atoms with van der Waals surface area (Å²) < 4.78 is 0. The molecule has 3 heterocycles. The summed E-state index contributed by atoms with van der Waals surface area (Å²) in [6.07, 6.45) is 1.87. The van der Waals surface area contributed by atoms with Crippen molar-refractivity contribution in [1.29, 1.82) is 0 Å². The van der Waals surface area contributed by atoms with Gasteiger partial charge in [0.25, 0.3) is 0 Å². The summed E-state index contributed by atoms with van der Waals surface area (Å²) in [6, 6.07) is 1.94. The largest absolute Gasteiger partial charge is 0.341 e. The van der Waals surface area contributed by atoms with Crippen LogP contribution in [0.25, 0.3) is 0 Å². The Hall–Kier alpha value is -1.89. The number of hydrogen-bond donors (Lipinski definition) is 1. The van der Waals surface area contributed by atoms with Gasteiger partial charge in [-0.2, -0.15) is 5.10 Å². The Morgan fingerprint density at radius 2 is 1.96 bits per heavy atom. The number of carbonyl (C=O) groups excluding carboxylic acids is 2. The monoisotopic (exact) mass is 333 g/mol. The molecule has 0 saturated carbocycles. The number of nitrogens with zero attached hydrogens (tertiary/aromatic N) is 4. The Kier molecular flexibility index (Phi) is 4.89. The van der Waals surface area contributed by atoms with Gasteiger partial charge in [-0.25, -0.2) is 0 Å². The van der Waals surface area contributed by atoms with Crippen LogP contribution >= 0.6 is 0 Å². The molecule has 0 unspecified atom stereocenters. The highest BCUT2D eigenvalue weighted by molar-refractivity contribution is 5.85. The fourth-order valence-electron chi connectivity index (χ4n) is 3.52. The zero-order valence-electron chi connectivity index (χ0n) is 14.8. The Morgan fingerprint density at radius 3 is 2.54 bits per heavy atom. The second-order valence-corrected chi connectivity index (χ2v) is 7.25. The molecule has 2 aliphatic rings. The molecular formula is C17H27N5O2. The van der Waals surface area contributed by atoms with E-state index in [4.69, 9.17) is 0 Å². The predicted molar refractivity (Wildman–Crippen MR) is 90.1 cm³/mol. The Bertz CT molecular complexity index is 600. The maximum absolute atomic E-state index is 12.5. The van der Waals surface area contributed by atoms with E-state index in [-0.39, 0.29) is 23.7 Å². The number of aromatic nitrogens is 2. The Morgan fingerprint density at radius 1 is 1.29 bits per heavy atom. The molecule has 132 valence electrons. The van der Waals surface area contributed by atoms with E-state index >= 15 is 0 Å². The summed E-state index contributed by atoms with van der Waals surface area (Å²) in [5.41, 5.74) is 1.85. The molecule has 7 heteroatoms. The second kappa shape index (κ2) is 6.93. The molecule has 2 aliphatic heterocycles. The fourth-order valence-corrected chi connectivity index (χ4v) is 3.52. The Labute approximate surface area is 143 Å². The number of rotatable bonds is 4. The van der Waals surface area contributed by atoms with Crippen LogP contribution in [0.1, 0.15) is 24.2 Å². The first-order valence-electron chi connectivity index (χ1n) is 8.67. The van der Waals surface area contributed by atoms with Crippen molar-refractivity contribution in [2.75, 3.05) is 40.3 Å². The van der Waals surface area contributed by atoms with Crippen LogP contribution in [0.3, 0.4) is 0 Å². The van der Waals surface area contributed by atoms with Gasteiger partial charge in [0.15, 0.2) is 0 Å². The minimum absolute atomic E-state index is 0.0646. The lowest BCUT2D eigenvalue weighted by molar-refractivity contribution is -0.151. The first-order chi connectivity index (χ1) is 11.4. The molecular weight excluding hydrogens is 306 g/mol. The highest BCUT2D eigenvalue weighted by Gasteiger charge is 2.39. The molecule has 1 aromatic heterocycles. The summed E-state index contributed by atoms with van der Waals surface area (Å²) in [4.78, 5) is 30.8. The third-order valence-corrected chi connectivity index (χ3v) is 5.14. The van der Waals surface area contributed by atoms with E-state index in [1.807, 2.05) is 17.9 Å². The van der Waals surface area contributed by atoms with Crippen molar-refractivity contribution in [2.45, 2.75) is 26.3 Å². The first-order valence-corrected chi connectivity index (χ1v) is 8.67. The molecule has 1 N–H and O–H groups in total. The maximum Gasteiger partial charge on any atom is 0.229 e. The number of nitrogens with one attached hydrogen (secondary N) is 1. The first kappa shape index (κ1) is 17.0. The molecule has 3 rings (SSSR count). The molecule has 0 bridgehead atoms. The topological polar surface area (TPSA) is 72.5 Å². The van der Waals surface area contributed by atoms with Crippen LogP contribution in [-0.4, -0.2) is 77.0 Å². The molecule has 2 amide bonds.